The van der Waals surface area contributed by atoms with Crippen LogP contribution in [0, 0.1) is 22.9 Å². The van der Waals surface area contributed by atoms with Gasteiger partial charge < -0.3 is 5.11 Å². The molecule has 1 amide bonds. The molecule has 1 aromatic heterocycles. The van der Waals surface area contributed by atoms with Crippen molar-refractivity contribution in [2.24, 2.45) is 0 Å². The zero-order valence-electron chi connectivity index (χ0n) is 18.1. The van der Waals surface area contributed by atoms with Gasteiger partial charge in [-0.25, -0.2) is 9.37 Å². The van der Waals surface area contributed by atoms with Gasteiger partial charge in [-0.3, -0.25) is 24.6 Å². The molecule has 1 saturated heterocycles. The fourth-order valence-corrected chi connectivity index (χ4v) is 5.03. The number of carbonyl (C=O) groups is 2. The van der Waals surface area contributed by atoms with Crippen molar-refractivity contribution < 1.29 is 24.0 Å². The molecule has 1 aliphatic rings. The van der Waals surface area contributed by atoms with E-state index in [1.54, 1.807) is 24.3 Å². The average molecular weight is 489 g/mol. The Balaban J connectivity index is 1.75. The van der Waals surface area contributed by atoms with E-state index < -0.39 is 34.2 Å². The summed E-state index contributed by atoms with van der Waals surface area (Å²) in [6, 6.07) is 15.0. The molecule has 35 heavy (non-hydrogen) atoms. The van der Waals surface area contributed by atoms with Crippen LogP contribution in [-0.4, -0.2) is 26.7 Å². The molecule has 0 aliphatic carbocycles. The molecule has 2 heterocycles. The van der Waals surface area contributed by atoms with Crippen molar-refractivity contribution in [1.29, 1.82) is 0 Å². The van der Waals surface area contributed by atoms with Gasteiger partial charge in [0.15, 0.2) is 5.13 Å². The Morgan fingerprint density at radius 1 is 1.11 bits per heavy atom. The van der Waals surface area contributed by atoms with Crippen LogP contribution in [0.1, 0.15) is 22.7 Å². The molecule has 0 spiro atoms. The predicted octanol–water partition coefficient (Wildman–Crippen LogP) is 5.28. The Hall–Kier alpha value is -4.44. The molecule has 5 rings (SSSR count). The molecule has 4 aromatic rings. The number of nitro benzene ring substituents is 1. The second-order valence-electron chi connectivity index (χ2n) is 8.00. The summed E-state index contributed by atoms with van der Waals surface area (Å²) in [5, 5.41) is 22.7. The van der Waals surface area contributed by atoms with Crippen LogP contribution in [0.25, 0.3) is 16.0 Å². The highest BCUT2D eigenvalue weighted by Crippen LogP contribution is 2.44. The molecule has 0 bridgehead atoms. The van der Waals surface area contributed by atoms with Crippen LogP contribution in [0.5, 0.6) is 0 Å². The lowest BCUT2D eigenvalue weighted by Gasteiger charge is -2.22. The number of Topliss-reactive ketones (excluding diaryl/α,β-unsaturated/α-hetero) is 1. The Labute approximate surface area is 201 Å². The molecule has 10 heteroatoms. The van der Waals surface area contributed by atoms with Crippen LogP contribution < -0.4 is 4.90 Å². The molecule has 1 fully saturated rings. The SMILES string of the molecule is Cc1ccc(C(O)=C2C(=O)C(=O)N(c3nc4ccc(F)cc4s3)[C@H]2c2cccc([N+](=O)[O-])c2)cc1. The third-order valence-electron chi connectivity index (χ3n) is 5.71. The molecule has 174 valence electrons. The van der Waals surface area contributed by atoms with Crippen LogP contribution in [-0.2, 0) is 9.59 Å². The Bertz CT molecular complexity index is 1560. The van der Waals surface area contributed by atoms with Gasteiger partial charge >= 0.3 is 5.91 Å². The van der Waals surface area contributed by atoms with Gasteiger partial charge in [0.1, 0.15) is 11.6 Å². The van der Waals surface area contributed by atoms with E-state index in [9.17, 15) is 29.2 Å². The highest BCUT2D eigenvalue weighted by Gasteiger charge is 2.48. The van der Waals surface area contributed by atoms with Crippen molar-refractivity contribution in [2.45, 2.75) is 13.0 Å². The molecule has 8 nitrogen and oxygen atoms in total. The standard InChI is InChI=1S/C25H16FN3O5S/c1-13-5-7-14(8-6-13)22(30)20-21(15-3-2-4-17(11-15)29(33)34)28(24(32)23(20)31)25-27-18-10-9-16(26)12-19(18)35-25/h2-12,21,30H,1H3/t21-/m0/s1. The number of aliphatic hydroxyl groups excluding tert-OH is 1. The number of non-ortho nitro benzene ring substituents is 1. The number of ketones is 1. The summed E-state index contributed by atoms with van der Waals surface area (Å²) in [6.07, 6.45) is 0. The van der Waals surface area contributed by atoms with Gasteiger partial charge in [0.05, 0.1) is 26.8 Å². The number of benzene rings is 3. The number of nitro groups is 1. The molecule has 0 unspecified atom stereocenters. The van der Waals surface area contributed by atoms with Crippen LogP contribution in [0.2, 0.25) is 0 Å². The minimum Gasteiger partial charge on any atom is -0.507 e. The van der Waals surface area contributed by atoms with Crippen LogP contribution in [0.4, 0.5) is 15.2 Å². The van der Waals surface area contributed by atoms with Gasteiger partial charge in [-0.05, 0) is 30.7 Å². The Kier molecular flexibility index (Phi) is 5.37. The average Bonchev–Trinajstić information content (AvgIpc) is 3.37. The Morgan fingerprint density at radius 3 is 2.57 bits per heavy atom. The summed E-state index contributed by atoms with van der Waals surface area (Å²) in [7, 11) is 0. The van der Waals surface area contributed by atoms with E-state index in [1.807, 2.05) is 6.92 Å². The molecular weight excluding hydrogens is 473 g/mol. The van der Waals surface area contributed by atoms with Gasteiger partial charge in [0.2, 0.25) is 0 Å². The number of carbonyl (C=O) groups excluding carboxylic acids is 2. The second kappa shape index (κ2) is 8.41. The van der Waals surface area contributed by atoms with Crippen molar-refractivity contribution in [1.82, 2.24) is 4.98 Å². The summed E-state index contributed by atoms with van der Waals surface area (Å²) in [4.78, 5) is 42.8. The maximum absolute atomic E-state index is 13.7. The number of fused-ring (bicyclic) bond motifs is 1. The molecule has 3 aromatic carbocycles. The number of aliphatic hydroxyl groups is 1. The van der Waals surface area contributed by atoms with Gasteiger partial charge in [-0.1, -0.05) is 53.3 Å². The maximum Gasteiger partial charge on any atom is 0.301 e. The highest BCUT2D eigenvalue weighted by atomic mass is 32.1. The zero-order chi connectivity index (χ0) is 24.9. The molecule has 1 N–H and O–H groups in total. The molecule has 1 atom stereocenters. The van der Waals surface area contributed by atoms with Crippen molar-refractivity contribution in [3.8, 4) is 0 Å². The van der Waals surface area contributed by atoms with E-state index in [-0.39, 0.29) is 22.0 Å². The Morgan fingerprint density at radius 2 is 1.86 bits per heavy atom. The van der Waals surface area contributed by atoms with Crippen LogP contribution in [0.3, 0.4) is 0 Å². The highest BCUT2D eigenvalue weighted by molar-refractivity contribution is 7.22. The summed E-state index contributed by atoms with van der Waals surface area (Å²) in [6.45, 7) is 1.86. The number of aromatic nitrogens is 1. The lowest BCUT2D eigenvalue weighted by molar-refractivity contribution is -0.384. The molecule has 1 aliphatic heterocycles. The fraction of sp³-hybridized carbons (Fsp3) is 0.0800. The number of amides is 1. The molecule has 0 saturated carbocycles. The van der Waals surface area contributed by atoms with E-state index >= 15 is 0 Å². The topological polar surface area (TPSA) is 114 Å². The first-order valence-corrected chi connectivity index (χ1v) is 11.2. The van der Waals surface area contributed by atoms with E-state index in [4.69, 9.17) is 0 Å². The van der Waals surface area contributed by atoms with Gasteiger partial charge in [0, 0.05) is 17.7 Å². The van der Waals surface area contributed by atoms with Crippen molar-refractivity contribution in [3.63, 3.8) is 0 Å². The quantitative estimate of drug-likeness (QED) is 0.137. The number of hydrogen-bond donors (Lipinski definition) is 1. The number of thiazole rings is 1. The number of rotatable bonds is 4. The first kappa shape index (κ1) is 22.4. The first-order chi connectivity index (χ1) is 16.7. The number of anilines is 1. The lowest BCUT2D eigenvalue weighted by Crippen LogP contribution is -2.29. The normalized spacial score (nSPS) is 17.3. The second-order valence-corrected chi connectivity index (χ2v) is 9.00. The predicted molar refractivity (Wildman–Crippen MR) is 129 cm³/mol. The number of halogens is 1. The summed E-state index contributed by atoms with van der Waals surface area (Å²) < 4.78 is 14.2. The largest absolute Gasteiger partial charge is 0.507 e. The van der Waals surface area contributed by atoms with Crippen molar-refractivity contribution in [3.05, 3.63) is 105 Å². The molecular formula is C25H16FN3O5S. The smallest absolute Gasteiger partial charge is 0.301 e. The van der Waals surface area contributed by atoms with Crippen LogP contribution in [0.15, 0.2) is 72.3 Å². The third kappa shape index (κ3) is 3.83. The van der Waals surface area contributed by atoms with Crippen molar-refractivity contribution >= 4 is 49.8 Å². The third-order valence-corrected chi connectivity index (χ3v) is 6.73. The monoisotopic (exact) mass is 489 g/mol. The first-order valence-electron chi connectivity index (χ1n) is 10.4. The fourth-order valence-electron chi connectivity index (χ4n) is 4.01. The van der Waals surface area contributed by atoms with E-state index in [1.165, 1.54) is 42.5 Å². The number of aryl methyl sites for hydroxylation is 1. The van der Waals surface area contributed by atoms with E-state index in [0.29, 0.717) is 15.8 Å². The zero-order valence-corrected chi connectivity index (χ0v) is 19.0. The summed E-state index contributed by atoms with van der Waals surface area (Å²) >= 11 is 0.999. The number of hydrogen-bond acceptors (Lipinski definition) is 7. The van der Waals surface area contributed by atoms with Gasteiger partial charge in [-0.15, -0.1) is 0 Å². The molecule has 0 radical (unpaired) electrons. The van der Waals surface area contributed by atoms with E-state index in [2.05, 4.69) is 4.98 Å². The minimum absolute atomic E-state index is 0.104. The van der Waals surface area contributed by atoms with E-state index in [0.717, 1.165) is 21.8 Å². The lowest BCUT2D eigenvalue weighted by atomic mass is 9.95. The number of nitrogens with zero attached hydrogens (tertiary/aromatic N) is 3. The van der Waals surface area contributed by atoms with Gasteiger partial charge in [0.25, 0.3) is 11.5 Å². The van der Waals surface area contributed by atoms with Gasteiger partial charge in [-0.2, -0.15) is 0 Å². The van der Waals surface area contributed by atoms with Crippen LogP contribution >= 0.6 is 11.3 Å². The van der Waals surface area contributed by atoms with Crippen molar-refractivity contribution in [2.75, 3.05) is 4.90 Å². The summed E-state index contributed by atoms with van der Waals surface area (Å²) in [5.41, 5.74) is 1.45. The minimum atomic E-state index is -1.18. The maximum atomic E-state index is 13.7. The summed E-state index contributed by atoms with van der Waals surface area (Å²) in [5.74, 6) is -2.79.